The highest BCUT2D eigenvalue weighted by Gasteiger charge is 2.05. The maximum atomic E-state index is 13.3. The van der Waals surface area contributed by atoms with Crippen LogP contribution in [0.1, 0.15) is 5.56 Å². The minimum atomic E-state index is -0.429. The summed E-state index contributed by atoms with van der Waals surface area (Å²) in [7, 11) is 1.58. The Morgan fingerprint density at radius 1 is 1.19 bits per heavy atom. The molecule has 2 aromatic carbocycles. The van der Waals surface area contributed by atoms with Gasteiger partial charge >= 0.3 is 0 Å². The Kier molecular flexibility index (Phi) is 4.56. The van der Waals surface area contributed by atoms with Gasteiger partial charge in [-0.1, -0.05) is 0 Å². The number of methoxy groups -OCH3 is 1. The third-order valence-corrected chi connectivity index (χ3v) is 2.61. The predicted octanol–water partition coefficient (Wildman–Crippen LogP) is 4.07. The number of halogens is 1. The SMILES string of the molecule is C=C(O)N=Cc1cc(F)ccc1Oc1ccc(OC)cc1. The molecule has 108 valence electrons. The Labute approximate surface area is 121 Å². The molecular formula is C16H14FNO3. The Bertz CT molecular complexity index is 666. The van der Waals surface area contributed by atoms with Crippen LogP contribution in [0.15, 0.2) is 59.9 Å². The van der Waals surface area contributed by atoms with Gasteiger partial charge in [-0.05, 0) is 49.0 Å². The Morgan fingerprint density at radius 3 is 2.48 bits per heavy atom. The molecule has 0 atom stereocenters. The fourth-order valence-electron chi connectivity index (χ4n) is 1.63. The molecule has 0 aliphatic rings. The number of ether oxygens (including phenoxy) is 2. The monoisotopic (exact) mass is 287 g/mol. The van der Waals surface area contributed by atoms with Crippen molar-refractivity contribution in [3.05, 3.63) is 66.3 Å². The summed E-state index contributed by atoms with van der Waals surface area (Å²) >= 11 is 0. The summed E-state index contributed by atoms with van der Waals surface area (Å²) in [6, 6.07) is 11.0. The van der Waals surface area contributed by atoms with E-state index in [-0.39, 0.29) is 5.88 Å². The van der Waals surface area contributed by atoms with Gasteiger partial charge in [0.1, 0.15) is 23.1 Å². The van der Waals surface area contributed by atoms with Gasteiger partial charge in [0.25, 0.3) is 0 Å². The van der Waals surface area contributed by atoms with Crippen molar-refractivity contribution in [2.75, 3.05) is 7.11 Å². The van der Waals surface area contributed by atoms with Gasteiger partial charge in [-0.2, -0.15) is 0 Å². The maximum Gasteiger partial charge on any atom is 0.203 e. The van der Waals surface area contributed by atoms with E-state index in [1.54, 1.807) is 31.4 Å². The number of aliphatic hydroxyl groups is 1. The molecular weight excluding hydrogens is 273 g/mol. The van der Waals surface area contributed by atoms with Crippen molar-refractivity contribution in [3.8, 4) is 17.2 Å². The van der Waals surface area contributed by atoms with Gasteiger partial charge < -0.3 is 14.6 Å². The molecule has 0 fully saturated rings. The molecule has 0 aliphatic heterocycles. The first-order chi connectivity index (χ1) is 10.1. The van der Waals surface area contributed by atoms with E-state index in [9.17, 15) is 4.39 Å². The molecule has 0 radical (unpaired) electrons. The fraction of sp³-hybridized carbons (Fsp3) is 0.0625. The van der Waals surface area contributed by atoms with Crippen molar-refractivity contribution < 1.29 is 19.0 Å². The zero-order valence-electron chi connectivity index (χ0n) is 11.4. The number of hydrogen-bond donors (Lipinski definition) is 1. The van der Waals surface area contributed by atoms with Crippen LogP contribution in [0, 0.1) is 5.82 Å². The predicted molar refractivity (Wildman–Crippen MR) is 78.8 cm³/mol. The molecule has 2 rings (SSSR count). The van der Waals surface area contributed by atoms with Gasteiger partial charge in [0.15, 0.2) is 0 Å². The minimum Gasteiger partial charge on any atom is -0.497 e. The molecule has 0 bridgehead atoms. The van der Waals surface area contributed by atoms with E-state index in [4.69, 9.17) is 14.6 Å². The molecule has 21 heavy (non-hydrogen) atoms. The topological polar surface area (TPSA) is 51.1 Å². The molecule has 0 heterocycles. The van der Waals surface area contributed by atoms with Crippen LogP contribution in [0.25, 0.3) is 0 Å². The van der Waals surface area contributed by atoms with Gasteiger partial charge in [0.2, 0.25) is 5.88 Å². The van der Waals surface area contributed by atoms with Crippen molar-refractivity contribution in [1.29, 1.82) is 0 Å². The van der Waals surface area contributed by atoms with Crippen LogP contribution in [-0.2, 0) is 0 Å². The lowest BCUT2D eigenvalue weighted by Gasteiger charge is -2.09. The van der Waals surface area contributed by atoms with Gasteiger partial charge in [0.05, 0.1) is 7.11 Å². The number of benzene rings is 2. The van der Waals surface area contributed by atoms with Gasteiger partial charge in [0, 0.05) is 11.8 Å². The van der Waals surface area contributed by atoms with E-state index >= 15 is 0 Å². The third-order valence-electron chi connectivity index (χ3n) is 2.61. The molecule has 0 aromatic heterocycles. The Balaban J connectivity index is 2.27. The van der Waals surface area contributed by atoms with E-state index in [0.717, 1.165) is 0 Å². The first kappa shape index (κ1) is 14.6. The Hall–Kier alpha value is -2.82. The molecule has 0 saturated heterocycles. The summed E-state index contributed by atoms with van der Waals surface area (Å²) in [6.45, 7) is 3.23. The summed E-state index contributed by atoms with van der Waals surface area (Å²) < 4.78 is 24.0. The second kappa shape index (κ2) is 6.56. The summed E-state index contributed by atoms with van der Waals surface area (Å²) in [5, 5.41) is 8.98. The quantitative estimate of drug-likeness (QED) is 0.666. The van der Waals surface area contributed by atoms with Crippen molar-refractivity contribution in [3.63, 3.8) is 0 Å². The van der Waals surface area contributed by atoms with Crippen molar-refractivity contribution in [2.24, 2.45) is 4.99 Å². The lowest BCUT2D eigenvalue weighted by atomic mass is 10.2. The fourth-order valence-corrected chi connectivity index (χ4v) is 1.63. The van der Waals surface area contributed by atoms with Crippen LogP contribution >= 0.6 is 0 Å². The molecule has 1 N–H and O–H groups in total. The van der Waals surface area contributed by atoms with Gasteiger partial charge in [-0.25, -0.2) is 9.38 Å². The molecule has 0 saturated carbocycles. The zero-order chi connectivity index (χ0) is 15.2. The smallest absolute Gasteiger partial charge is 0.203 e. The normalized spacial score (nSPS) is 10.6. The van der Waals surface area contributed by atoms with Crippen LogP contribution < -0.4 is 9.47 Å². The largest absolute Gasteiger partial charge is 0.497 e. The average molecular weight is 287 g/mol. The molecule has 0 aliphatic carbocycles. The van der Waals surface area contributed by atoms with Crippen LogP contribution in [0.5, 0.6) is 17.2 Å². The Morgan fingerprint density at radius 2 is 1.86 bits per heavy atom. The van der Waals surface area contributed by atoms with E-state index < -0.39 is 5.82 Å². The molecule has 5 heteroatoms. The lowest BCUT2D eigenvalue weighted by Crippen LogP contribution is -1.93. The first-order valence-corrected chi connectivity index (χ1v) is 6.12. The highest BCUT2D eigenvalue weighted by Crippen LogP contribution is 2.26. The second-order valence-electron chi connectivity index (χ2n) is 4.13. The number of nitrogens with zero attached hydrogens (tertiary/aromatic N) is 1. The van der Waals surface area contributed by atoms with Crippen LogP contribution in [0.2, 0.25) is 0 Å². The van der Waals surface area contributed by atoms with Crippen molar-refractivity contribution in [2.45, 2.75) is 0 Å². The highest BCUT2D eigenvalue weighted by atomic mass is 19.1. The number of aliphatic imine (C=N–C) groups is 1. The molecule has 0 amide bonds. The first-order valence-electron chi connectivity index (χ1n) is 6.12. The molecule has 0 spiro atoms. The highest BCUT2D eigenvalue weighted by molar-refractivity contribution is 5.84. The van der Waals surface area contributed by atoms with Crippen LogP contribution in [0.3, 0.4) is 0 Å². The minimum absolute atomic E-state index is 0.366. The van der Waals surface area contributed by atoms with Crippen molar-refractivity contribution in [1.82, 2.24) is 0 Å². The van der Waals surface area contributed by atoms with E-state index in [1.165, 1.54) is 24.4 Å². The van der Waals surface area contributed by atoms with Gasteiger partial charge in [-0.15, -0.1) is 0 Å². The van der Waals surface area contributed by atoms with Crippen LogP contribution in [0.4, 0.5) is 4.39 Å². The summed E-state index contributed by atoms with van der Waals surface area (Å²) in [5.41, 5.74) is 0.390. The standard InChI is InChI=1S/C16H14FNO3/c1-11(19)18-10-12-9-13(17)3-8-16(12)21-15-6-4-14(20-2)5-7-15/h3-10,19H,1H2,2H3. The molecule has 4 nitrogen and oxygen atoms in total. The average Bonchev–Trinajstić information content (AvgIpc) is 2.48. The number of aliphatic hydroxyl groups excluding tert-OH is 1. The van der Waals surface area contributed by atoms with E-state index in [0.29, 0.717) is 22.8 Å². The van der Waals surface area contributed by atoms with E-state index in [2.05, 4.69) is 11.6 Å². The summed E-state index contributed by atoms with van der Waals surface area (Å²) in [5.74, 6) is 0.892. The van der Waals surface area contributed by atoms with Crippen LogP contribution in [-0.4, -0.2) is 18.4 Å². The number of hydrogen-bond acceptors (Lipinski definition) is 4. The second-order valence-corrected chi connectivity index (χ2v) is 4.13. The molecule has 0 unspecified atom stereocenters. The lowest BCUT2D eigenvalue weighted by molar-refractivity contribution is 0.410. The summed E-state index contributed by atoms with van der Waals surface area (Å²) in [4.78, 5) is 3.64. The zero-order valence-corrected chi connectivity index (χ0v) is 11.4. The number of rotatable bonds is 5. The van der Waals surface area contributed by atoms with Gasteiger partial charge in [-0.3, -0.25) is 0 Å². The van der Waals surface area contributed by atoms with Crippen molar-refractivity contribution >= 4 is 6.21 Å². The summed E-state index contributed by atoms with van der Waals surface area (Å²) in [6.07, 6.45) is 1.28. The third kappa shape index (κ3) is 4.07. The van der Waals surface area contributed by atoms with E-state index in [1.807, 2.05) is 0 Å². The molecule has 2 aromatic rings. The maximum absolute atomic E-state index is 13.3.